The van der Waals surface area contributed by atoms with Crippen molar-refractivity contribution in [1.29, 1.82) is 5.26 Å². The Bertz CT molecular complexity index is 384. The van der Waals surface area contributed by atoms with Crippen LogP contribution in [-0.2, 0) is 6.61 Å². The van der Waals surface area contributed by atoms with Gasteiger partial charge in [0.1, 0.15) is 6.07 Å². The second kappa shape index (κ2) is 4.35. The SMILES string of the molecule is N#CC(c1cccc(CO)c1)[N+](=O)[O-]. The number of nitrogens with zero attached hydrogens (tertiary/aromatic N) is 2. The summed E-state index contributed by atoms with van der Waals surface area (Å²) in [5, 5.41) is 27.8. The summed E-state index contributed by atoms with van der Waals surface area (Å²) in [4.78, 5) is 9.79. The molecule has 0 fully saturated rings. The van der Waals surface area contributed by atoms with Gasteiger partial charge in [-0.05, 0) is 11.6 Å². The van der Waals surface area contributed by atoms with Crippen LogP contribution in [0, 0.1) is 21.4 Å². The first-order chi connectivity index (χ1) is 6.69. The first-order valence-electron chi connectivity index (χ1n) is 3.92. The lowest BCUT2D eigenvalue weighted by molar-refractivity contribution is -0.512. The standard InChI is InChI=1S/C9H8N2O3/c10-5-9(11(13)14)8-3-1-2-7(4-8)6-12/h1-4,9,12H,6H2. The molecule has 1 unspecified atom stereocenters. The lowest BCUT2D eigenvalue weighted by Gasteiger charge is -2.02. The number of aliphatic hydroxyl groups excluding tert-OH is 1. The molecule has 1 rings (SSSR count). The quantitative estimate of drug-likeness (QED) is 0.572. The molecule has 0 saturated carbocycles. The van der Waals surface area contributed by atoms with Gasteiger partial charge in [-0.1, -0.05) is 18.2 Å². The van der Waals surface area contributed by atoms with E-state index in [1.165, 1.54) is 12.1 Å². The number of nitro groups is 1. The number of nitriles is 1. The van der Waals surface area contributed by atoms with Gasteiger partial charge in [0.2, 0.25) is 0 Å². The third kappa shape index (κ3) is 2.06. The molecule has 0 heterocycles. The van der Waals surface area contributed by atoms with E-state index in [4.69, 9.17) is 10.4 Å². The van der Waals surface area contributed by atoms with E-state index < -0.39 is 11.0 Å². The zero-order chi connectivity index (χ0) is 10.6. The molecule has 0 saturated heterocycles. The number of benzene rings is 1. The van der Waals surface area contributed by atoms with Crippen LogP contribution in [0.4, 0.5) is 0 Å². The normalized spacial score (nSPS) is 11.7. The van der Waals surface area contributed by atoms with Crippen molar-refractivity contribution in [2.24, 2.45) is 0 Å². The highest BCUT2D eigenvalue weighted by molar-refractivity contribution is 5.27. The van der Waals surface area contributed by atoms with Crippen LogP contribution in [0.15, 0.2) is 24.3 Å². The third-order valence-corrected chi connectivity index (χ3v) is 1.78. The Hall–Kier alpha value is -1.93. The molecule has 0 bridgehead atoms. The number of hydrogen-bond acceptors (Lipinski definition) is 4. The van der Waals surface area contributed by atoms with Crippen LogP contribution in [0.2, 0.25) is 0 Å². The highest BCUT2D eigenvalue weighted by atomic mass is 16.6. The Morgan fingerprint density at radius 3 is 2.86 bits per heavy atom. The minimum Gasteiger partial charge on any atom is -0.392 e. The molecule has 0 aliphatic carbocycles. The molecule has 0 radical (unpaired) electrons. The molecule has 1 aromatic rings. The molecule has 1 atom stereocenters. The molecule has 0 aliphatic rings. The van der Waals surface area contributed by atoms with Crippen molar-refractivity contribution in [1.82, 2.24) is 0 Å². The molecule has 0 aliphatic heterocycles. The molecule has 5 heteroatoms. The molecular formula is C9H8N2O3. The molecule has 0 aromatic heterocycles. The van der Waals surface area contributed by atoms with Crippen LogP contribution < -0.4 is 0 Å². The zero-order valence-electron chi connectivity index (χ0n) is 7.25. The first kappa shape index (κ1) is 10.2. The summed E-state index contributed by atoms with van der Waals surface area (Å²) in [6, 6.07) is 6.39. The van der Waals surface area contributed by atoms with Crippen molar-refractivity contribution in [3.8, 4) is 6.07 Å². The monoisotopic (exact) mass is 192 g/mol. The number of hydrogen-bond donors (Lipinski definition) is 1. The maximum atomic E-state index is 10.5. The molecule has 1 aromatic carbocycles. The molecule has 5 nitrogen and oxygen atoms in total. The van der Waals surface area contributed by atoms with Gasteiger partial charge in [0, 0.05) is 10.5 Å². The van der Waals surface area contributed by atoms with Crippen LogP contribution in [0.1, 0.15) is 17.2 Å². The van der Waals surface area contributed by atoms with Gasteiger partial charge in [-0.2, -0.15) is 5.26 Å². The maximum absolute atomic E-state index is 10.5. The van der Waals surface area contributed by atoms with Gasteiger partial charge >= 0.3 is 6.04 Å². The predicted molar refractivity (Wildman–Crippen MR) is 47.7 cm³/mol. The molecule has 72 valence electrons. The Balaban J connectivity index is 3.06. The molecular weight excluding hydrogens is 184 g/mol. The van der Waals surface area contributed by atoms with Crippen molar-refractivity contribution in [3.05, 3.63) is 45.5 Å². The summed E-state index contributed by atoms with van der Waals surface area (Å²) in [6.07, 6.45) is 0. The summed E-state index contributed by atoms with van der Waals surface area (Å²) in [6.45, 7) is -0.191. The molecule has 1 N–H and O–H groups in total. The van der Waals surface area contributed by atoms with E-state index >= 15 is 0 Å². The summed E-state index contributed by atoms with van der Waals surface area (Å²) in [5.74, 6) is 0. The van der Waals surface area contributed by atoms with Crippen LogP contribution in [0.3, 0.4) is 0 Å². The van der Waals surface area contributed by atoms with E-state index in [0.29, 0.717) is 11.1 Å². The Morgan fingerprint density at radius 1 is 1.64 bits per heavy atom. The van der Waals surface area contributed by atoms with Crippen LogP contribution in [0.25, 0.3) is 0 Å². The van der Waals surface area contributed by atoms with E-state index in [1.807, 2.05) is 0 Å². The fraction of sp³-hybridized carbons (Fsp3) is 0.222. The Morgan fingerprint density at radius 2 is 2.36 bits per heavy atom. The summed E-state index contributed by atoms with van der Waals surface area (Å²) >= 11 is 0. The smallest absolute Gasteiger partial charge is 0.321 e. The number of rotatable bonds is 3. The van der Waals surface area contributed by atoms with Crippen molar-refractivity contribution in [2.45, 2.75) is 12.6 Å². The van der Waals surface area contributed by atoms with Gasteiger partial charge in [-0.25, -0.2) is 0 Å². The fourth-order valence-corrected chi connectivity index (χ4v) is 1.10. The average Bonchev–Trinajstić information content (AvgIpc) is 2.19. The Kier molecular flexibility index (Phi) is 3.15. The predicted octanol–water partition coefficient (Wildman–Crippen LogP) is 1.02. The van der Waals surface area contributed by atoms with Crippen molar-refractivity contribution >= 4 is 0 Å². The van der Waals surface area contributed by atoms with Crippen molar-refractivity contribution in [2.75, 3.05) is 0 Å². The van der Waals surface area contributed by atoms with Gasteiger partial charge in [0.05, 0.1) is 6.61 Å². The lowest BCUT2D eigenvalue weighted by atomic mass is 10.1. The van der Waals surface area contributed by atoms with Crippen LogP contribution in [-0.4, -0.2) is 10.0 Å². The van der Waals surface area contributed by atoms with Gasteiger partial charge in [-0.15, -0.1) is 0 Å². The second-order valence-electron chi connectivity index (χ2n) is 2.72. The van der Waals surface area contributed by atoms with Crippen molar-refractivity contribution < 1.29 is 10.0 Å². The zero-order valence-corrected chi connectivity index (χ0v) is 7.25. The summed E-state index contributed by atoms with van der Waals surface area (Å²) < 4.78 is 0. The van der Waals surface area contributed by atoms with Crippen LogP contribution >= 0.6 is 0 Å². The average molecular weight is 192 g/mol. The minimum atomic E-state index is -1.36. The largest absolute Gasteiger partial charge is 0.392 e. The fourth-order valence-electron chi connectivity index (χ4n) is 1.10. The van der Waals surface area contributed by atoms with E-state index in [0.717, 1.165) is 0 Å². The summed E-state index contributed by atoms with van der Waals surface area (Å²) in [5.41, 5.74) is 0.855. The molecule has 0 spiro atoms. The van der Waals surface area contributed by atoms with Gasteiger partial charge in [0.15, 0.2) is 0 Å². The van der Waals surface area contributed by atoms with E-state index in [1.54, 1.807) is 18.2 Å². The first-order valence-corrected chi connectivity index (χ1v) is 3.92. The minimum absolute atomic E-state index is 0.191. The maximum Gasteiger partial charge on any atom is 0.321 e. The summed E-state index contributed by atoms with van der Waals surface area (Å²) in [7, 11) is 0. The topological polar surface area (TPSA) is 87.2 Å². The van der Waals surface area contributed by atoms with Crippen molar-refractivity contribution in [3.63, 3.8) is 0 Å². The van der Waals surface area contributed by atoms with Gasteiger partial charge in [-0.3, -0.25) is 10.1 Å². The van der Waals surface area contributed by atoms with E-state index in [-0.39, 0.29) is 6.61 Å². The van der Waals surface area contributed by atoms with Gasteiger partial charge < -0.3 is 5.11 Å². The molecule has 14 heavy (non-hydrogen) atoms. The molecule has 0 amide bonds. The number of aliphatic hydroxyl groups is 1. The highest BCUT2D eigenvalue weighted by Crippen LogP contribution is 2.16. The highest BCUT2D eigenvalue weighted by Gasteiger charge is 2.21. The second-order valence-corrected chi connectivity index (χ2v) is 2.72. The van der Waals surface area contributed by atoms with Gasteiger partial charge in [0.25, 0.3) is 0 Å². The van der Waals surface area contributed by atoms with Crippen LogP contribution in [0.5, 0.6) is 0 Å². The third-order valence-electron chi connectivity index (χ3n) is 1.78. The van der Waals surface area contributed by atoms with E-state index in [9.17, 15) is 10.1 Å². The lowest BCUT2D eigenvalue weighted by Crippen LogP contribution is -2.08. The Labute approximate surface area is 80.4 Å². The van der Waals surface area contributed by atoms with E-state index in [2.05, 4.69) is 0 Å².